The predicted molar refractivity (Wildman–Crippen MR) is 202 cm³/mol. The zero-order valence-electron chi connectivity index (χ0n) is 26.5. The van der Waals surface area contributed by atoms with E-state index < -0.39 is 0 Å². The molecule has 48 heavy (non-hydrogen) atoms. The van der Waals surface area contributed by atoms with Crippen LogP contribution in [0, 0.1) is 0 Å². The smallest absolute Gasteiger partial charge is 0.132 e. The van der Waals surface area contributed by atoms with Gasteiger partial charge in [-0.3, -0.25) is 9.98 Å². The lowest BCUT2D eigenvalue weighted by atomic mass is 9.91. The zero-order valence-corrected chi connectivity index (χ0v) is 26.5. The maximum absolute atomic E-state index is 11.6. The molecule has 1 aliphatic carbocycles. The van der Waals surface area contributed by atoms with Gasteiger partial charge in [0.1, 0.15) is 11.5 Å². The van der Waals surface area contributed by atoms with Crippen LogP contribution in [0.5, 0.6) is 11.5 Å². The minimum Gasteiger partial charge on any atom is -0.507 e. The van der Waals surface area contributed by atoms with Crippen molar-refractivity contribution in [1.29, 1.82) is 0 Å². The molecule has 0 bridgehead atoms. The molecule has 1 fully saturated rings. The Hall–Kier alpha value is -5.74. The van der Waals surface area contributed by atoms with Crippen molar-refractivity contribution >= 4 is 77.1 Å². The molecular formula is C44H34N2O2. The maximum atomic E-state index is 11.6. The van der Waals surface area contributed by atoms with Gasteiger partial charge in [0.2, 0.25) is 0 Å². The van der Waals surface area contributed by atoms with Crippen LogP contribution in [0.3, 0.4) is 0 Å². The molecule has 4 heteroatoms. The molecule has 2 atom stereocenters. The Morgan fingerprint density at radius 2 is 0.812 bits per heavy atom. The molecule has 9 rings (SSSR count). The van der Waals surface area contributed by atoms with Gasteiger partial charge in [0.25, 0.3) is 0 Å². The van der Waals surface area contributed by atoms with Gasteiger partial charge in [-0.1, -0.05) is 97.8 Å². The molecule has 232 valence electrons. The molecule has 0 amide bonds. The van der Waals surface area contributed by atoms with Crippen LogP contribution in [-0.2, 0) is 0 Å². The SMILES string of the molecule is Oc1c(C=N[C@@H]2CCCC[C@H]2N=Cc2ccc3ccc4cc5ccccc5cc4c3c2O)ccc2ccc3cc4ccccc4cc3c12. The number of fused-ring (bicyclic) bond motifs is 8. The van der Waals surface area contributed by atoms with E-state index in [1.807, 2.05) is 36.7 Å². The monoisotopic (exact) mass is 622 g/mol. The topological polar surface area (TPSA) is 65.2 Å². The molecule has 0 aromatic heterocycles. The molecule has 0 saturated heterocycles. The summed E-state index contributed by atoms with van der Waals surface area (Å²) < 4.78 is 0. The molecule has 2 N–H and O–H groups in total. The summed E-state index contributed by atoms with van der Waals surface area (Å²) in [4.78, 5) is 10.1. The highest BCUT2D eigenvalue weighted by molar-refractivity contribution is 6.17. The fourth-order valence-corrected chi connectivity index (χ4v) is 7.67. The fourth-order valence-electron chi connectivity index (χ4n) is 7.67. The van der Waals surface area contributed by atoms with Gasteiger partial charge in [-0.25, -0.2) is 0 Å². The van der Waals surface area contributed by atoms with Crippen LogP contribution in [0.25, 0.3) is 64.6 Å². The van der Waals surface area contributed by atoms with Crippen molar-refractivity contribution in [2.24, 2.45) is 9.98 Å². The van der Waals surface area contributed by atoms with Crippen molar-refractivity contribution in [2.45, 2.75) is 37.8 Å². The van der Waals surface area contributed by atoms with Gasteiger partial charge in [0.15, 0.2) is 0 Å². The summed E-state index contributed by atoms with van der Waals surface area (Å²) in [6.07, 6.45) is 7.72. The second-order valence-corrected chi connectivity index (χ2v) is 13.2. The first-order valence-corrected chi connectivity index (χ1v) is 16.8. The van der Waals surface area contributed by atoms with E-state index in [0.29, 0.717) is 11.1 Å². The van der Waals surface area contributed by atoms with Crippen LogP contribution in [0.2, 0.25) is 0 Å². The Labute approximate surface area is 278 Å². The van der Waals surface area contributed by atoms with E-state index in [-0.39, 0.29) is 23.6 Å². The van der Waals surface area contributed by atoms with Crippen molar-refractivity contribution < 1.29 is 10.2 Å². The third-order valence-electron chi connectivity index (χ3n) is 10.2. The Kier molecular flexibility index (Phi) is 6.82. The Bertz CT molecular complexity index is 2440. The first-order chi connectivity index (χ1) is 23.6. The van der Waals surface area contributed by atoms with Crippen LogP contribution < -0.4 is 0 Å². The van der Waals surface area contributed by atoms with Crippen molar-refractivity contribution in [3.63, 3.8) is 0 Å². The third kappa shape index (κ3) is 4.84. The van der Waals surface area contributed by atoms with Gasteiger partial charge in [0, 0.05) is 34.3 Å². The molecule has 1 aliphatic rings. The van der Waals surface area contributed by atoms with Crippen molar-refractivity contribution in [3.8, 4) is 11.5 Å². The molecule has 8 aromatic carbocycles. The number of aliphatic imine (C=N–C) groups is 2. The molecule has 0 spiro atoms. The predicted octanol–water partition coefficient (Wildman–Crippen LogP) is 10.9. The van der Waals surface area contributed by atoms with E-state index >= 15 is 0 Å². The highest BCUT2D eigenvalue weighted by Gasteiger charge is 2.24. The molecule has 0 aliphatic heterocycles. The molecule has 4 nitrogen and oxygen atoms in total. The Balaban J connectivity index is 1.05. The van der Waals surface area contributed by atoms with Crippen LogP contribution in [0.4, 0.5) is 0 Å². The fraction of sp³-hybridized carbons (Fsp3) is 0.136. The van der Waals surface area contributed by atoms with Crippen molar-refractivity contribution in [2.75, 3.05) is 0 Å². The van der Waals surface area contributed by atoms with E-state index in [1.54, 1.807) is 0 Å². The molecule has 1 saturated carbocycles. The Morgan fingerprint density at radius 3 is 1.25 bits per heavy atom. The molecule has 0 unspecified atom stereocenters. The number of phenolic OH excluding ortho intramolecular Hbond substituents is 2. The van der Waals surface area contributed by atoms with Gasteiger partial charge in [-0.05, 0) is 103 Å². The van der Waals surface area contributed by atoms with Gasteiger partial charge in [-0.15, -0.1) is 0 Å². The van der Waals surface area contributed by atoms with Crippen LogP contribution in [-0.4, -0.2) is 34.7 Å². The standard InChI is InChI=1S/C44H34N2O2/c47-43-35(19-15-27-13-17-33-21-29-7-1-3-9-31(29)23-37(33)41(27)43)25-45-39-11-5-6-12-40(39)46-26-36-20-16-28-14-18-34-22-30-8-2-4-10-32(30)24-38(34)42(28)44(36)48/h1-4,7-10,13-26,39-40,47-48H,5-6,11-12H2/t39-,40-/m1/s1. The van der Waals surface area contributed by atoms with Crippen molar-refractivity contribution in [1.82, 2.24) is 0 Å². The summed E-state index contributed by atoms with van der Waals surface area (Å²) in [7, 11) is 0. The lowest BCUT2D eigenvalue weighted by Gasteiger charge is -2.25. The van der Waals surface area contributed by atoms with E-state index in [2.05, 4.69) is 97.1 Å². The average molecular weight is 623 g/mol. The second kappa shape index (κ2) is 11.5. The van der Waals surface area contributed by atoms with Gasteiger partial charge in [-0.2, -0.15) is 0 Å². The maximum Gasteiger partial charge on any atom is 0.132 e. The van der Waals surface area contributed by atoms with Gasteiger partial charge < -0.3 is 10.2 Å². The number of hydrogen-bond donors (Lipinski definition) is 2. The van der Waals surface area contributed by atoms with Crippen LogP contribution in [0.1, 0.15) is 36.8 Å². The summed E-state index contributed by atoms with van der Waals surface area (Å²) >= 11 is 0. The normalized spacial score (nSPS) is 17.2. The molecule has 0 heterocycles. The number of hydrogen-bond acceptors (Lipinski definition) is 4. The van der Waals surface area contributed by atoms with E-state index in [0.717, 1.165) is 79.5 Å². The summed E-state index contributed by atoms with van der Waals surface area (Å²) in [6, 6.07) is 41.8. The highest BCUT2D eigenvalue weighted by atomic mass is 16.3. The minimum atomic E-state index is -0.00338. The first-order valence-electron chi connectivity index (χ1n) is 16.8. The number of rotatable bonds is 4. The quantitative estimate of drug-likeness (QED) is 0.116. The lowest BCUT2D eigenvalue weighted by molar-refractivity contribution is 0.390. The second-order valence-electron chi connectivity index (χ2n) is 13.2. The van der Waals surface area contributed by atoms with Gasteiger partial charge in [0.05, 0.1) is 12.1 Å². The van der Waals surface area contributed by atoms with E-state index in [9.17, 15) is 10.2 Å². The van der Waals surface area contributed by atoms with Crippen LogP contribution >= 0.6 is 0 Å². The zero-order chi connectivity index (χ0) is 32.2. The Morgan fingerprint density at radius 1 is 0.438 bits per heavy atom. The average Bonchev–Trinajstić information content (AvgIpc) is 3.12. The van der Waals surface area contributed by atoms with Crippen molar-refractivity contribution in [3.05, 3.63) is 132 Å². The molecule has 0 radical (unpaired) electrons. The molecular weight excluding hydrogens is 588 g/mol. The summed E-state index contributed by atoms with van der Waals surface area (Å²) in [5.41, 5.74) is 1.42. The summed E-state index contributed by atoms with van der Waals surface area (Å²) in [5, 5.41) is 35.8. The third-order valence-corrected chi connectivity index (χ3v) is 10.2. The van der Waals surface area contributed by atoms with E-state index in [4.69, 9.17) is 9.98 Å². The number of nitrogens with zero attached hydrogens (tertiary/aromatic N) is 2. The largest absolute Gasteiger partial charge is 0.507 e. The number of aromatic hydroxyl groups is 2. The number of phenols is 2. The van der Waals surface area contributed by atoms with Crippen LogP contribution in [0.15, 0.2) is 131 Å². The highest BCUT2D eigenvalue weighted by Crippen LogP contribution is 2.38. The van der Waals surface area contributed by atoms with Gasteiger partial charge >= 0.3 is 0 Å². The molecule has 8 aromatic rings. The summed E-state index contributed by atoms with van der Waals surface area (Å²) in [5.74, 6) is 0.517. The lowest BCUT2D eigenvalue weighted by Crippen LogP contribution is -2.27. The first kappa shape index (κ1) is 28.5. The minimum absolute atomic E-state index is 0.00338. The van der Waals surface area contributed by atoms with E-state index in [1.165, 1.54) is 10.8 Å². The number of benzene rings is 8. The summed E-state index contributed by atoms with van der Waals surface area (Å²) in [6.45, 7) is 0.